The van der Waals surface area contributed by atoms with E-state index in [9.17, 15) is 4.79 Å². The molecule has 0 aromatic carbocycles. The fourth-order valence-electron chi connectivity index (χ4n) is 3.04. The summed E-state index contributed by atoms with van der Waals surface area (Å²) in [7, 11) is 1.70. The van der Waals surface area contributed by atoms with Gasteiger partial charge in [0.25, 0.3) is 0 Å². The maximum absolute atomic E-state index is 11.7. The quantitative estimate of drug-likeness (QED) is 0.707. The van der Waals surface area contributed by atoms with E-state index < -0.39 is 0 Å². The number of carbonyl (C=O) groups is 1. The second-order valence-electron chi connectivity index (χ2n) is 5.44. The zero-order valence-electron chi connectivity index (χ0n) is 12.0. The van der Waals surface area contributed by atoms with Crippen LogP contribution in [0.2, 0.25) is 0 Å². The zero-order chi connectivity index (χ0) is 13.4. The molecule has 0 aromatic rings. The van der Waals surface area contributed by atoms with E-state index in [1.165, 1.54) is 25.7 Å². The summed E-state index contributed by atoms with van der Waals surface area (Å²) in [5.74, 6) is 0.0977. The van der Waals surface area contributed by atoms with E-state index in [-0.39, 0.29) is 11.4 Å². The number of nitrogens with one attached hydrogen (secondary N) is 1. The lowest BCUT2D eigenvalue weighted by molar-refractivity contribution is -0.123. The number of hydrogen-bond acceptors (Lipinski definition) is 3. The Morgan fingerprint density at radius 3 is 2.33 bits per heavy atom. The fourth-order valence-corrected chi connectivity index (χ4v) is 3.04. The lowest BCUT2D eigenvalue weighted by atomic mass is 9.87. The highest BCUT2D eigenvalue weighted by atomic mass is 16.1. The molecule has 0 bridgehead atoms. The monoisotopic (exact) mass is 255 g/mol. The molecule has 0 aliphatic heterocycles. The van der Waals surface area contributed by atoms with Crippen molar-refractivity contribution in [3.8, 4) is 0 Å². The minimum atomic E-state index is 0.0546. The van der Waals surface area contributed by atoms with Crippen LogP contribution < -0.4 is 11.1 Å². The SMILES string of the molecule is CCCN(CC(=O)NC)C1(CN)CCCCCC1. The number of amides is 1. The standard InChI is InChI=1S/C14H29N3O/c1-3-10-17(11-13(18)16-2)14(12-15)8-6-4-5-7-9-14/h3-12,15H2,1-2H3,(H,16,18). The zero-order valence-corrected chi connectivity index (χ0v) is 12.0. The Hall–Kier alpha value is -0.610. The Morgan fingerprint density at radius 1 is 1.28 bits per heavy atom. The Morgan fingerprint density at radius 2 is 1.89 bits per heavy atom. The van der Waals surface area contributed by atoms with Gasteiger partial charge in [0, 0.05) is 19.1 Å². The number of nitrogens with zero attached hydrogens (tertiary/aromatic N) is 1. The molecule has 4 nitrogen and oxygen atoms in total. The number of likely N-dealkylation sites (N-methyl/N-ethyl adjacent to an activating group) is 1. The van der Waals surface area contributed by atoms with Gasteiger partial charge >= 0.3 is 0 Å². The third-order valence-corrected chi connectivity index (χ3v) is 4.19. The highest BCUT2D eigenvalue weighted by molar-refractivity contribution is 5.77. The molecule has 1 fully saturated rings. The van der Waals surface area contributed by atoms with Crippen LogP contribution in [-0.2, 0) is 4.79 Å². The first-order chi connectivity index (χ1) is 8.68. The second kappa shape index (κ2) is 7.74. The minimum absolute atomic E-state index is 0.0546. The molecule has 0 spiro atoms. The third kappa shape index (κ3) is 3.95. The van der Waals surface area contributed by atoms with Crippen molar-refractivity contribution in [2.75, 3.05) is 26.7 Å². The van der Waals surface area contributed by atoms with E-state index in [1.54, 1.807) is 7.05 Å². The molecule has 0 saturated heterocycles. The predicted octanol–water partition coefficient (Wildman–Crippen LogP) is 1.50. The summed E-state index contributed by atoms with van der Waals surface area (Å²) in [4.78, 5) is 14.0. The lowest BCUT2D eigenvalue weighted by Gasteiger charge is -2.43. The molecule has 0 heterocycles. The molecular weight excluding hydrogens is 226 g/mol. The van der Waals surface area contributed by atoms with Crippen LogP contribution >= 0.6 is 0 Å². The van der Waals surface area contributed by atoms with Crippen molar-refractivity contribution < 1.29 is 4.79 Å². The van der Waals surface area contributed by atoms with Gasteiger partial charge in [0.05, 0.1) is 6.54 Å². The molecule has 1 rings (SSSR count). The molecule has 0 atom stereocenters. The van der Waals surface area contributed by atoms with Gasteiger partial charge in [-0.15, -0.1) is 0 Å². The molecule has 1 aliphatic carbocycles. The van der Waals surface area contributed by atoms with Crippen molar-refractivity contribution in [3.63, 3.8) is 0 Å². The van der Waals surface area contributed by atoms with E-state index in [0.717, 1.165) is 25.8 Å². The summed E-state index contributed by atoms with van der Waals surface area (Å²) in [5, 5.41) is 2.73. The maximum Gasteiger partial charge on any atom is 0.233 e. The molecule has 0 radical (unpaired) electrons. The minimum Gasteiger partial charge on any atom is -0.358 e. The summed E-state index contributed by atoms with van der Waals surface area (Å²) in [6, 6.07) is 0. The molecule has 1 amide bonds. The van der Waals surface area contributed by atoms with Crippen molar-refractivity contribution in [2.45, 2.75) is 57.4 Å². The average Bonchev–Trinajstić information content (AvgIpc) is 2.64. The second-order valence-corrected chi connectivity index (χ2v) is 5.44. The van der Waals surface area contributed by atoms with Crippen molar-refractivity contribution >= 4 is 5.91 Å². The molecule has 0 unspecified atom stereocenters. The van der Waals surface area contributed by atoms with Gasteiger partial charge in [0.1, 0.15) is 0 Å². The van der Waals surface area contributed by atoms with Gasteiger partial charge in [-0.05, 0) is 25.8 Å². The maximum atomic E-state index is 11.7. The van der Waals surface area contributed by atoms with Crippen molar-refractivity contribution in [3.05, 3.63) is 0 Å². The summed E-state index contributed by atoms with van der Waals surface area (Å²) >= 11 is 0. The topological polar surface area (TPSA) is 58.4 Å². The number of nitrogens with two attached hydrogens (primary N) is 1. The Bertz CT molecular complexity index is 247. The first-order valence-corrected chi connectivity index (χ1v) is 7.34. The predicted molar refractivity (Wildman–Crippen MR) is 75.4 cm³/mol. The van der Waals surface area contributed by atoms with Crippen LogP contribution in [0.15, 0.2) is 0 Å². The van der Waals surface area contributed by atoms with E-state index in [1.807, 2.05) is 0 Å². The largest absolute Gasteiger partial charge is 0.358 e. The van der Waals surface area contributed by atoms with Crippen molar-refractivity contribution in [1.29, 1.82) is 0 Å². The Balaban J connectivity index is 2.79. The number of hydrogen-bond donors (Lipinski definition) is 2. The number of rotatable bonds is 6. The molecule has 18 heavy (non-hydrogen) atoms. The third-order valence-electron chi connectivity index (χ3n) is 4.19. The van der Waals surface area contributed by atoms with Gasteiger partial charge in [-0.3, -0.25) is 9.69 Å². The molecule has 1 aliphatic rings. The van der Waals surface area contributed by atoms with Gasteiger partial charge < -0.3 is 11.1 Å². The van der Waals surface area contributed by atoms with Gasteiger partial charge in [-0.2, -0.15) is 0 Å². The first kappa shape index (κ1) is 15.4. The van der Waals surface area contributed by atoms with Gasteiger partial charge in [0.2, 0.25) is 5.91 Å². The van der Waals surface area contributed by atoms with Crippen LogP contribution in [0.4, 0.5) is 0 Å². The first-order valence-electron chi connectivity index (χ1n) is 7.34. The highest BCUT2D eigenvalue weighted by Gasteiger charge is 2.36. The van der Waals surface area contributed by atoms with E-state index >= 15 is 0 Å². The summed E-state index contributed by atoms with van der Waals surface area (Å²) in [5.41, 5.74) is 6.14. The molecule has 3 N–H and O–H groups in total. The van der Waals surface area contributed by atoms with E-state index in [4.69, 9.17) is 5.73 Å². The van der Waals surface area contributed by atoms with Gasteiger partial charge in [-0.1, -0.05) is 32.6 Å². The van der Waals surface area contributed by atoms with Crippen LogP contribution in [0.1, 0.15) is 51.9 Å². The summed E-state index contributed by atoms with van der Waals surface area (Å²) in [6.07, 6.45) is 8.44. The van der Waals surface area contributed by atoms with Crippen molar-refractivity contribution in [1.82, 2.24) is 10.2 Å². The van der Waals surface area contributed by atoms with Gasteiger partial charge in [0.15, 0.2) is 0 Å². The Kier molecular flexibility index (Phi) is 6.65. The van der Waals surface area contributed by atoms with Gasteiger partial charge in [-0.25, -0.2) is 0 Å². The summed E-state index contributed by atoms with van der Waals surface area (Å²) in [6.45, 7) is 4.29. The van der Waals surface area contributed by atoms with Crippen molar-refractivity contribution in [2.24, 2.45) is 5.73 Å². The fraction of sp³-hybridized carbons (Fsp3) is 0.929. The highest BCUT2D eigenvalue weighted by Crippen LogP contribution is 2.31. The van der Waals surface area contributed by atoms with E-state index in [2.05, 4.69) is 17.1 Å². The van der Waals surface area contributed by atoms with Crippen LogP contribution in [0, 0.1) is 0 Å². The van der Waals surface area contributed by atoms with Crippen LogP contribution in [0.25, 0.3) is 0 Å². The molecule has 0 aromatic heterocycles. The number of carbonyl (C=O) groups excluding carboxylic acids is 1. The smallest absolute Gasteiger partial charge is 0.233 e. The average molecular weight is 255 g/mol. The molecular formula is C14H29N3O. The van der Waals surface area contributed by atoms with Crippen LogP contribution in [0.3, 0.4) is 0 Å². The lowest BCUT2D eigenvalue weighted by Crippen LogP contribution is -2.56. The van der Waals surface area contributed by atoms with E-state index in [0.29, 0.717) is 13.1 Å². The molecule has 106 valence electrons. The summed E-state index contributed by atoms with van der Waals surface area (Å²) < 4.78 is 0. The normalized spacial score (nSPS) is 19.6. The molecule has 1 saturated carbocycles. The molecule has 4 heteroatoms. The van der Waals surface area contributed by atoms with Crippen LogP contribution in [-0.4, -0.2) is 43.0 Å². The Labute approximate surface area is 111 Å². The van der Waals surface area contributed by atoms with Crippen LogP contribution in [0.5, 0.6) is 0 Å².